The minimum atomic E-state index is -0.539. The monoisotopic (exact) mass is 531 g/mol. The summed E-state index contributed by atoms with van der Waals surface area (Å²) in [6.45, 7) is 7.03. The van der Waals surface area contributed by atoms with Gasteiger partial charge in [0.05, 0.1) is 6.61 Å². The van der Waals surface area contributed by atoms with E-state index in [-0.39, 0.29) is 5.75 Å². The van der Waals surface area contributed by atoms with Gasteiger partial charge in [0, 0.05) is 28.4 Å². The SMILES string of the molecule is CCCCCCOc1ccc(C2N=C(c3ccccc3)N=C(c3ccccc3)N2c2ccc(C)cc2C)c(O)c1. The van der Waals surface area contributed by atoms with E-state index in [2.05, 4.69) is 56.0 Å². The van der Waals surface area contributed by atoms with E-state index in [0.29, 0.717) is 23.8 Å². The molecule has 0 bridgehead atoms. The number of aromatic hydroxyl groups is 1. The molecule has 0 radical (unpaired) electrons. The largest absolute Gasteiger partial charge is 0.507 e. The number of unbranched alkanes of at least 4 members (excludes halogenated alkanes) is 3. The van der Waals surface area contributed by atoms with Crippen LogP contribution in [0.25, 0.3) is 0 Å². The Labute approximate surface area is 237 Å². The summed E-state index contributed by atoms with van der Waals surface area (Å²) >= 11 is 0. The number of hydrogen-bond donors (Lipinski definition) is 1. The van der Waals surface area contributed by atoms with Crippen molar-refractivity contribution in [1.82, 2.24) is 0 Å². The van der Waals surface area contributed by atoms with Crippen molar-refractivity contribution < 1.29 is 9.84 Å². The van der Waals surface area contributed by atoms with Crippen LogP contribution in [0.4, 0.5) is 5.69 Å². The quantitative estimate of drug-likeness (QED) is 0.209. The van der Waals surface area contributed by atoms with Gasteiger partial charge in [-0.15, -0.1) is 0 Å². The Balaban J connectivity index is 1.61. The molecular formula is C35H37N3O2. The standard InChI is InChI=1S/C35H37N3O2/c1-4-5-6-13-22-40-29-19-20-30(32(39)24-29)35-37-33(27-14-9-7-10-15-27)36-34(28-16-11-8-12-17-28)38(35)31-21-18-25(2)23-26(31)3/h7-12,14-21,23-24,35,39H,4-6,13,22H2,1-3H3. The molecule has 0 spiro atoms. The fraction of sp³-hybridized carbons (Fsp3) is 0.257. The van der Waals surface area contributed by atoms with Gasteiger partial charge in [-0.05, 0) is 44.0 Å². The molecule has 0 aliphatic carbocycles. The lowest BCUT2D eigenvalue weighted by Gasteiger charge is -2.37. The molecule has 0 saturated heterocycles. The zero-order valence-electron chi connectivity index (χ0n) is 23.5. The van der Waals surface area contributed by atoms with Gasteiger partial charge < -0.3 is 9.84 Å². The molecule has 5 nitrogen and oxygen atoms in total. The van der Waals surface area contributed by atoms with Crippen molar-refractivity contribution in [2.75, 3.05) is 11.5 Å². The molecule has 1 unspecified atom stereocenters. The summed E-state index contributed by atoms with van der Waals surface area (Å²) in [4.78, 5) is 12.4. The lowest BCUT2D eigenvalue weighted by atomic mass is 10.0. The first-order valence-electron chi connectivity index (χ1n) is 14.1. The van der Waals surface area contributed by atoms with Gasteiger partial charge in [-0.3, -0.25) is 4.90 Å². The molecule has 204 valence electrons. The van der Waals surface area contributed by atoms with Crippen molar-refractivity contribution in [3.05, 3.63) is 125 Å². The number of rotatable bonds is 10. The zero-order valence-corrected chi connectivity index (χ0v) is 23.5. The molecule has 40 heavy (non-hydrogen) atoms. The van der Waals surface area contributed by atoms with E-state index in [0.717, 1.165) is 41.1 Å². The number of phenols is 1. The fourth-order valence-electron chi connectivity index (χ4n) is 5.07. The van der Waals surface area contributed by atoms with E-state index in [1.54, 1.807) is 6.07 Å². The molecule has 0 aromatic heterocycles. The van der Waals surface area contributed by atoms with Crippen LogP contribution >= 0.6 is 0 Å². The van der Waals surface area contributed by atoms with Gasteiger partial charge >= 0.3 is 0 Å². The Bertz CT molecular complexity index is 1500. The number of anilines is 1. The number of nitrogens with zero attached hydrogens (tertiary/aromatic N) is 3. The summed E-state index contributed by atoms with van der Waals surface area (Å²) < 4.78 is 5.97. The van der Waals surface area contributed by atoms with E-state index in [9.17, 15) is 5.11 Å². The number of ether oxygens (including phenoxy) is 1. The summed E-state index contributed by atoms with van der Waals surface area (Å²) in [5.74, 6) is 2.22. The van der Waals surface area contributed by atoms with Gasteiger partial charge in [-0.25, -0.2) is 9.98 Å². The minimum absolute atomic E-state index is 0.149. The summed E-state index contributed by atoms with van der Waals surface area (Å²) in [6.07, 6.45) is 4.00. The van der Waals surface area contributed by atoms with Crippen molar-refractivity contribution in [1.29, 1.82) is 0 Å². The smallest absolute Gasteiger partial charge is 0.159 e. The predicted molar refractivity (Wildman–Crippen MR) is 165 cm³/mol. The summed E-state index contributed by atoms with van der Waals surface area (Å²) in [5, 5.41) is 11.4. The van der Waals surface area contributed by atoms with E-state index in [1.807, 2.05) is 60.7 Å². The number of amidine groups is 2. The maximum absolute atomic E-state index is 11.4. The van der Waals surface area contributed by atoms with Crippen molar-refractivity contribution in [3.8, 4) is 11.5 Å². The third-order valence-corrected chi connectivity index (χ3v) is 7.15. The van der Waals surface area contributed by atoms with Crippen LogP contribution < -0.4 is 9.64 Å². The van der Waals surface area contributed by atoms with Crippen LogP contribution in [-0.2, 0) is 0 Å². The molecule has 5 rings (SSSR count). The number of aliphatic imine (C=N–C) groups is 2. The molecular weight excluding hydrogens is 494 g/mol. The van der Waals surface area contributed by atoms with E-state index < -0.39 is 6.17 Å². The minimum Gasteiger partial charge on any atom is -0.507 e. The first-order valence-corrected chi connectivity index (χ1v) is 14.1. The van der Waals surface area contributed by atoms with Crippen molar-refractivity contribution in [3.63, 3.8) is 0 Å². The molecule has 0 amide bonds. The highest BCUT2D eigenvalue weighted by Gasteiger charge is 2.33. The molecule has 1 aliphatic rings. The van der Waals surface area contributed by atoms with E-state index >= 15 is 0 Å². The number of aryl methyl sites for hydroxylation is 2. The molecule has 0 saturated carbocycles. The van der Waals surface area contributed by atoms with Crippen molar-refractivity contribution in [2.24, 2.45) is 9.98 Å². The normalized spacial score (nSPS) is 15.0. The van der Waals surface area contributed by atoms with Crippen LogP contribution in [0.3, 0.4) is 0 Å². The van der Waals surface area contributed by atoms with Crippen molar-refractivity contribution >= 4 is 17.4 Å². The second-order valence-electron chi connectivity index (χ2n) is 10.3. The molecule has 1 N–H and O–H groups in total. The molecule has 0 fully saturated rings. The lowest BCUT2D eigenvalue weighted by Crippen LogP contribution is -2.39. The third-order valence-electron chi connectivity index (χ3n) is 7.15. The van der Waals surface area contributed by atoms with Crippen LogP contribution in [0.2, 0.25) is 0 Å². The second-order valence-corrected chi connectivity index (χ2v) is 10.3. The van der Waals surface area contributed by atoms with Gasteiger partial charge in [0.2, 0.25) is 0 Å². The topological polar surface area (TPSA) is 57.4 Å². The predicted octanol–water partition coefficient (Wildman–Crippen LogP) is 8.38. The lowest BCUT2D eigenvalue weighted by molar-refractivity contribution is 0.303. The Morgan fingerprint density at radius 3 is 2.20 bits per heavy atom. The van der Waals surface area contributed by atoms with E-state index in [4.69, 9.17) is 14.7 Å². The highest BCUT2D eigenvalue weighted by atomic mass is 16.5. The highest BCUT2D eigenvalue weighted by molar-refractivity contribution is 6.19. The van der Waals surface area contributed by atoms with Crippen LogP contribution in [0, 0.1) is 13.8 Å². The van der Waals surface area contributed by atoms with Gasteiger partial charge in [0.25, 0.3) is 0 Å². The Morgan fingerprint density at radius 2 is 1.52 bits per heavy atom. The van der Waals surface area contributed by atoms with Gasteiger partial charge in [0.1, 0.15) is 17.3 Å². The molecule has 1 heterocycles. The third kappa shape index (κ3) is 6.09. The van der Waals surface area contributed by atoms with Gasteiger partial charge in [-0.1, -0.05) is 105 Å². The summed E-state index contributed by atoms with van der Waals surface area (Å²) in [5.41, 5.74) is 5.87. The Hall–Kier alpha value is -4.38. The summed E-state index contributed by atoms with van der Waals surface area (Å²) in [7, 11) is 0. The van der Waals surface area contributed by atoms with Crippen LogP contribution in [0.5, 0.6) is 11.5 Å². The molecule has 4 aromatic carbocycles. The number of hydrogen-bond acceptors (Lipinski definition) is 5. The Kier molecular flexibility index (Phi) is 8.60. The molecule has 1 atom stereocenters. The number of benzene rings is 4. The molecule has 4 aromatic rings. The first kappa shape index (κ1) is 27.2. The van der Waals surface area contributed by atoms with Crippen LogP contribution in [0.1, 0.15) is 66.6 Å². The van der Waals surface area contributed by atoms with Gasteiger partial charge in [-0.2, -0.15) is 0 Å². The maximum Gasteiger partial charge on any atom is 0.159 e. The average molecular weight is 532 g/mol. The molecule has 5 heteroatoms. The second kappa shape index (κ2) is 12.6. The Morgan fingerprint density at radius 1 is 0.800 bits per heavy atom. The maximum atomic E-state index is 11.4. The first-order chi connectivity index (χ1) is 19.5. The fourth-order valence-corrected chi connectivity index (χ4v) is 5.07. The van der Waals surface area contributed by atoms with Crippen molar-refractivity contribution in [2.45, 2.75) is 52.6 Å². The van der Waals surface area contributed by atoms with E-state index in [1.165, 1.54) is 18.4 Å². The molecule has 1 aliphatic heterocycles. The summed E-state index contributed by atoms with van der Waals surface area (Å²) in [6, 6.07) is 32.1. The number of phenolic OH excluding ortho intramolecular Hbond substituents is 1. The van der Waals surface area contributed by atoms with Crippen LogP contribution in [-0.4, -0.2) is 23.4 Å². The van der Waals surface area contributed by atoms with Gasteiger partial charge in [0.15, 0.2) is 12.0 Å². The van der Waals surface area contributed by atoms with Crippen LogP contribution in [0.15, 0.2) is 107 Å². The average Bonchev–Trinajstić information content (AvgIpc) is 2.98. The zero-order chi connectivity index (χ0) is 27.9. The highest BCUT2D eigenvalue weighted by Crippen LogP contribution is 2.40.